The predicted molar refractivity (Wildman–Crippen MR) is 124 cm³/mol. The monoisotopic (exact) mass is 449 g/mol. The maximum absolute atomic E-state index is 12.3. The van der Waals surface area contributed by atoms with E-state index in [1.54, 1.807) is 24.3 Å². The first-order valence-electron chi connectivity index (χ1n) is 11.0. The number of urea groups is 1. The number of carbonyl (C=O) groups is 2. The van der Waals surface area contributed by atoms with E-state index in [1.165, 1.54) is 0 Å². The number of aryl methyl sites for hydroxylation is 2. The van der Waals surface area contributed by atoms with Gasteiger partial charge in [-0.2, -0.15) is 0 Å². The zero-order chi connectivity index (χ0) is 23.0. The Bertz CT molecular complexity index is 1070. The molecule has 1 aromatic heterocycles. The first-order chi connectivity index (χ1) is 16.0. The molecule has 1 aliphatic rings. The van der Waals surface area contributed by atoms with Gasteiger partial charge in [-0.25, -0.2) is 4.79 Å². The highest BCUT2D eigenvalue weighted by Gasteiger charge is 2.16. The molecule has 3 N–H and O–H groups in total. The number of carbonyl (C=O) groups excluding carboxylic acids is 2. The number of benzene rings is 2. The van der Waals surface area contributed by atoms with Crippen LogP contribution in [0.1, 0.15) is 30.7 Å². The molecule has 2 heterocycles. The van der Waals surface area contributed by atoms with Crippen LogP contribution in [0, 0.1) is 6.92 Å². The summed E-state index contributed by atoms with van der Waals surface area (Å²) >= 11 is 0. The minimum atomic E-state index is -0.285. The van der Waals surface area contributed by atoms with Gasteiger partial charge < -0.3 is 25.1 Å². The molecule has 2 aromatic carbocycles. The summed E-state index contributed by atoms with van der Waals surface area (Å²) in [5, 5.41) is 16.5. The van der Waals surface area contributed by atoms with Crippen LogP contribution in [0.4, 0.5) is 16.2 Å². The predicted octanol–water partition coefficient (Wildman–Crippen LogP) is 3.92. The van der Waals surface area contributed by atoms with Gasteiger partial charge in [-0.05, 0) is 56.2 Å². The Morgan fingerprint density at radius 1 is 1.00 bits per heavy atom. The molecule has 1 atom stereocenters. The third-order valence-corrected chi connectivity index (χ3v) is 5.27. The zero-order valence-corrected chi connectivity index (χ0v) is 18.5. The average molecular weight is 450 g/mol. The molecule has 4 rings (SSSR count). The third-order valence-electron chi connectivity index (χ3n) is 5.27. The lowest BCUT2D eigenvalue weighted by atomic mass is 10.1. The molecule has 9 nitrogen and oxygen atoms in total. The van der Waals surface area contributed by atoms with Crippen molar-refractivity contribution in [2.75, 3.05) is 23.8 Å². The van der Waals surface area contributed by atoms with Gasteiger partial charge >= 0.3 is 6.03 Å². The lowest BCUT2D eigenvalue weighted by Crippen LogP contribution is -2.35. The van der Waals surface area contributed by atoms with Crippen LogP contribution in [0.15, 0.2) is 52.9 Å². The summed E-state index contributed by atoms with van der Waals surface area (Å²) in [4.78, 5) is 24.3. The van der Waals surface area contributed by atoms with Gasteiger partial charge in [0.15, 0.2) is 0 Å². The molecule has 1 fully saturated rings. The zero-order valence-electron chi connectivity index (χ0n) is 18.5. The van der Waals surface area contributed by atoms with Crippen molar-refractivity contribution in [2.45, 2.75) is 38.7 Å². The normalized spacial score (nSPS) is 15.2. The molecule has 0 unspecified atom stereocenters. The van der Waals surface area contributed by atoms with Crippen LogP contribution >= 0.6 is 0 Å². The van der Waals surface area contributed by atoms with E-state index in [-0.39, 0.29) is 24.5 Å². The van der Waals surface area contributed by atoms with Crippen LogP contribution < -0.4 is 16.0 Å². The van der Waals surface area contributed by atoms with E-state index in [0.717, 1.165) is 30.6 Å². The second-order valence-corrected chi connectivity index (χ2v) is 7.96. The highest BCUT2D eigenvalue weighted by Crippen LogP contribution is 2.19. The van der Waals surface area contributed by atoms with E-state index in [0.29, 0.717) is 36.1 Å². The van der Waals surface area contributed by atoms with Gasteiger partial charge in [-0.15, -0.1) is 10.2 Å². The number of hydrogen-bond donors (Lipinski definition) is 3. The molecule has 0 spiro atoms. The number of rotatable bonds is 8. The van der Waals surface area contributed by atoms with Gasteiger partial charge in [-0.3, -0.25) is 4.79 Å². The van der Waals surface area contributed by atoms with E-state index in [9.17, 15) is 9.59 Å². The Labute approximate surface area is 191 Å². The van der Waals surface area contributed by atoms with Crippen molar-refractivity contribution in [2.24, 2.45) is 0 Å². The number of hydrogen-bond acceptors (Lipinski definition) is 6. The van der Waals surface area contributed by atoms with Crippen molar-refractivity contribution in [1.82, 2.24) is 15.5 Å². The van der Waals surface area contributed by atoms with Gasteiger partial charge in [0, 0.05) is 42.9 Å². The summed E-state index contributed by atoms with van der Waals surface area (Å²) in [5.41, 5.74) is 3.26. The molecule has 0 saturated carbocycles. The largest absolute Gasteiger partial charge is 0.421 e. The van der Waals surface area contributed by atoms with Crippen LogP contribution in [-0.4, -0.2) is 41.4 Å². The number of anilines is 2. The molecule has 0 aliphatic carbocycles. The van der Waals surface area contributed by atoms with Crippen molar-refractivity contribution in [3.63, 3.8) is 0 Å². The van der Waals surface area contributed by atoms with Gasteiger partial charge in [-0.1, -0.05) is 17.7 Å². The second-order valence-electron chi connectivity index (χ2n) is 7.96. The molecular formula is C24H27N5O4. The SMILES string of the molecule is Cc1ccc(-c2nnc(CCC(=O)Nc3ccc(NC(=O)NC[C@H]4CCCO4)cc3)o2)cc1. The van der Waals surface area contributed by atoms with E-state index in [2.05, 4.69) is 26.1 Å². The van der Waals surface area contributed by atoms with Crippen molar-refractivity contribution >= 4 is 23.3 Å². The summed E-state index contributed by atoms with van der Waals surface area (Å²) in [5.74, 6) is 0.683. The van der Waals surface area contributed by atoms with Crippen LogP contribution in [-0.2, 0) is 16.0 Å². The Morgan fingerprint density at radius 2 is 1.73 bits per heavy atom. The van der Waals surface area contributed by atoms with E-state index < -0.39 is 0 Å². The Morgan fingerprint density at radius 3 is 2.42 bits per heavy atom. The standard InChI is InChI=1S/C24H27N5O4/c1-16-4-6-17(7-5-16)23-29-28-22(33-23)13-12-21(30)26-18-8-10-19(11-9-18)27-24(31)25-15-20-3-2-14-32-20/h4-11,20H,2-3,12-15H2,1H3,(H,26,30)(H2,25,27,31)/t20-/m1/s1. The van der Waals surface area contributed by atoms with E-state index >= 15 is 0 Å². The third kappa shape index (κ3) is 6.63. The Hall–Kier alpha value is -3.72. The van der Waals surface area contributed by atoms with Crippen molar-refractivity contribution < 1.29 is 18.7 Å². The molecule has 9 heteroatoms. The number of nitrogens with one attached hydrogen (secondary N) is 3. The molecule has 1 aliphatic heterocycles. The van der Waals surface area contributed by atoms with Crippen LogP contribution in [0.5, 0.6) is 0 Å². The summed E-state index contributed by atoms with van der Waals surface area (Å²) in [7, 11) is 0. The summed E-state index contributed by atoms with van der Waals surface area (Å²) in [6.07, 6.45) is 2.64. The van der Waals surface area contributed by atoms with E-state index in [4.69, 9.17) is 9.15 Å². The summed E-state index contributed by atoms with van der Waals surface area (Å²) in [6, 6.07) is 14.4. The van der Waals surface area contributed by atoms with Crippen LogP contribution in [0.25, 0.3) is 11.5 Å². The molecular weight excluding hydrogens is 422 g/mol. The lowest BCUT2D eigenvalue weighted by Gasteiger charge is -2.12. The minimum absolute atomic E-state index is 0.0923. The highest BCUT2D eigenvalue weighted by molar-refractivity contribution is 5.92. The van der Waals surface area contributed by atoms with Crippen molar-refractivity contribution in [1.29, 1.82) is 0 Å². The molecule has 0 bridgehead atoms. The first kappa shape index (κ1) is 22.5. The lowest BCUT2D eigenvalue weighted by molar-refractivity contribution is -0.116. The van der Waals surface area contributed by atoms with Gasteiger partial charge in [0.05, 0.1) is 6.10 Å². The van der Waals surface area contributed by atoms with Gasteiger partial charge in [0.1, 0.15) is 0 Å². The van der Waals surface area contributed by atoms with Crippen molar-refractivity contribution in [3.8, 4) is 11.5 Å². The first-order valence-corrected chi connectivity index (χ1v) is 11.0. The molecule has 3 amide bonds. The number of ether oxygens (including phenoxy) is 1. The number of amides is 3. The topological polar surface area (TPSA) is 118 Å². The number of nitrogens with zero attached hydrogens (tertiary/aromatic N) is 2. The quantitative estimate of drug-likeness (QED) is 0.480. The summed E-state index contributed by atoms with van der Waals surface area (Å²) in [6.45, 7) is 3.26. The van der Waals surface area contributed by atoms with Gasteiger partial charge in [0.25, 0.3) is 0 Å². The maximum Gasteiger partial charge on any atom is 0.319 e. The van der Waals surface area contributed by atoms with Gasteiger partial charge in [0.2, 0.25) is 17.7 Å². The van der Waals surface area contributed by atoms with Crippen LogP contribution in [0.2, 0.25) is 0 Å². The Kier molecular flexibility index (Phi) is 7.31. The molecule has 1 saturated heterocycles. The maximum atomic E-state index is 12.3. The molecule has 33 heavy (non-hydrogen) atoms. The van der Waals surface area contributed by atoms with Crippen LogP contribution in [0.3, 0.4) is 0 Å². The fourth-order valence-electron chi connectivity index (χ4n) is 3.44. The fourth-order valence-corrected chi connectivity index (χ4v) is 3.44. The summed E-state index contributed by atoms with van der Waals surface area (Å²) < 4.78 is 11.1. The minimum Gasteiger partial charge on any atom is -0.421 e. The van der Waals surface area contributed by atoms with E-state index in [1.807, 2.05) is 31.2 Å². The molecule has 172 valence electrons. The Balaban J connectivity index is 1.20. The van der Waals surface area contributed by atoms with Crippen molar-refractivity contribution in [3.05, 3.63) is 60.0 Å². The molecule has 3 aromatic rings. The second kappa shape index (κ2) is 10.7. The smallest absolute Gasteiger partial charge is 0.319 e. The number of aromatic nitrogens is 2. The fraction of sp³-hybridized carbons (Fsp3) is 0.333. The average Bonchev–Trinajstić information content (AvgIpc) is 3.51. The highest BCUT2D eigenvalue weighted by atomic mass is 16.5. The molecule has 0 radical (unpaired) electrons.